The van der Waals surface area contributed by atoms with E-state index in [9.17, 15) is 29.1 Å². The lowest BCUT2D eigenvalue weighted by Gasteiger charge is -2.25. The molecule has 29 heavy (non-hydrogen) atoms. The Balaban J connectivity index is 4.99. The third-order valence-corrected chi connectivity index (χ3v) is 4.13. The third-order valence-electron chi connectivity index (χ3n) is 4.13. The third kappa shape index (κ3) is 9.34. The van der Waals surface area contributed by atoms with E-state index < -0.39 is 59.9 Å². The molecule has 0 radical (unpaired) electrons. The number of aliphatic hydroxyl groups excluding tert-OH is 1. The van der Waals surface area contributed by atoms with Gasteiger partial charge in [-0.15, -0.1) is 0 Å². The van der Waals surface area contributed by atoms with Gasteiger partial charge in [-0.1, -0.05) is 13.8 Å². The number of nitrogens with two attached hydrogens (primary N) is 2. The van der Waals surface area contributed by atoms with Crippen LogP contribution < -0.4 is 27.4 Å². The van der Waals surface area contributed by atoms with E-state index in [2.05, 4.69) is 16.0 Å². The number of aliphatic carboxylic acids is 1. The summed E-state index contributed by atoms with van der Waals surface area (Å²) in [5, 5.41) is 25.7. The number of nitrogens with one attached hydrogen (secondary N) is 3. The van der Waals surface area contributed by atoms with Gasteiger partial charge >= 0.3 is 5.97 Å². The molecule has 0 heterocycles. The molecule has 12 heteroatoms. The van der Waals surface area contributed by atoms with E-state index in [-0.39, 0.29) is 18.8 Å². The second-order valence-electron chi connectivity index (χ2n) is 7.13. The van der Waals surface area contributed by atoms with Gasteiger partial charge in [0.1, 0.15) is 18.1 Å². The van der Waals surface area contributed by atoms with Crippen LogP contribution in [0.4, 0.5) is 0 Å². The molecule has 5 atom stereocenters. The highest BCUT2D eigenvalue weighted by molar-refractivity contribution is 5.94. The molecule has 0 aromatic heterocycles. The van der Waals surface area contributed by atoms with Gasteiger partial charge in [0.15, 0.2) is 0 Å². The minimum absolute atomic E-state index is 0.203. The van der Waals surface area contributed by atoms with Crippen molar-refractivity contribution in [2.24, 2.45) is 17.4 Å². The molecule has 0 aliphatic carbocycles. The van der Waals surface area contributed by atoms with Crippen molar-refractivity contribution in [2.45, 2.75) is 70.8 Å². The first kappa shape index (κ1) is 26.3. The molecule has 0 spiro atoms. The average Bonchev–Trinajstić information content (AvgIpc) is 2.60. The molecule has 12 nitrogen and oxygen atoms in total. The predicted octanol–water partition coefficient (Wildman–Crippen LogP) is -2.83. The van der Waals surface area contributed by atoms with Crippen LogP contribution >= 0.6 is 0 Å². The molecule has 4 amide bonds. The van der Waals surface area contributed by atoms with Gasteiger partial charge in [0.05, 0.1) is 12.1 Å². The number of carbonyl (C=O) groups excluding carboxylic acids is 4. The van der Waals surface area contributed by atoms with Gasteiger partial charge in [-0.05, 0) is 26.2 Å². The topological polar surface area (TPSA) is 214 Å². The summed E-state index contributed by atoms with van der Waals surface area (Å²) in [7, 11) is 0. The summed E-state index contributed by atoms with van der Waals surface area (Å²) < 4.78 is 0. The standard InChI is InChI=1S/C17H31N5O7/c1-7(2)12(19)15(26)22-13(9(4)23)16(27)20-8(3)14(25)21-10(17(28)29)5-6-11(18)24/h7-10,12-13,23H,5-6,19H2,1-4H3,(H2,18,24)(H,20,27)(H,21,25)(H,22,26)(H,28,29). The van der Waals surface area contributed by atoms with Gasteiger partial charge < -0.3 is 37.6 Å². The molecule has 0 aromatic carbocycles. The Hall–Kier alpha value is -2.73. The fourth-order valence-corrected chi connectivity index (χ4v) is 2.17. The van der Waals surface area contributed by atoms with Gasteiger partial charge in [0.2, 0.25) is 23.6 Å². The van der Waals surface area contributed by atoms with E-state index in [1.165, 1.54) is 13.8 Å². The van der Waals surface area contributed by atoms with Crippen molar-refractivity contribution in [1.29, 1.82) is 0 Å². The lowest BCUT2D eigenvalue weighted by Crippen LogP contribution is -2.59. The minimum Gasteiger partial charge on any atom is -0.480 e. The minimum atomic E-state index is -1.37. The number of hydrogen-bond donors (Lipinski definition) is 7. The Morgan fingerprint density at radius 2 is 1.45 bits per heavy atom. The van der Waals surface area contributed by atoms with E-state index >= 15 is 0 Å². The van der Waals surface area contributed by atoms with Crippen LogP contribution in [0.1, 0.15) is 40.5 Å². The first-order valence-corrected chi connectivity index (χ1v) is 9.13. The van der Waals surface area contributed by atoms with Crippen LogP contribution in [0.25, 0.3) is 0 Å². The van der Waals surface area contributed by atoms with Crippen molar-refractivity contribution in [1.82, 2.24) is 16.0 Å². The van der Waals surface area contributed by atoms with Crippen LogP contribution in [0.3, 0.4) is 0 Å². The second kappa shape index (κ2) is 12.0. The van der Waals surface area contributed by atoms with Crippen molar-refractivity contribution in [2.75, 3.05) is 0 Å². The second-order valence-corrected chi connectivity index (χ2v) is 7.13. The quantitative estimate of drug-likeness (QED) is 0.175. The van der Waals surface area contributed by atoms with Crippen molar-refractivity contribution >= 4 is 29.6 Å². The normalized spacial score (nSPS) is 16.1. The summed E-state index contributed by atoms with van der Waals surface area (Å²) in [4.78, 5) is 58.6. The zero-order chi connectivity index (χ0) is 22.9. The molecule has 0 saturated heterocycles. The van der Waals surface area contributed by atoms with Crippen LogP contribution in [0.2, 0.25) is 0 Å². The zero-order valence-electron chi connectivity index (χ0n) is 17.0. The maximum Gasteiger partial charge on any atom is 0.326 e. The van der Waals surface area contributed by atoms with Gasteiger partial charge in [-0.3, -0.25) is 19.2 Å². The molecule has 0 fully saturated rings. The molecule has 0 rings (SSSR count). The Morgan fingerprint density at radius 3 is 1.86 bits per heavy atom. The van der Waals surface area contributed by atoms with Crippen LogP contribution in [0.15, 0.2) is 0 Å². The van der Waals surface area contributed by atoms with Crippen LogP contribution in [-0.2, 0) is 24.0 Å². The van der Waals surface area contributed by atoms with Crippen LogP contribution in [-0.4, -0.2) is 70.1 Å². The number of carboxylic acid groups (broad SMARTS) is 1. The van der Waals surface area contributed by atoms with Gasteiger partial charge in [0.25, 0.3) is 0 Å². The highest BCUT2D eigenvalue weighted by Gasteiger charge is 2.31. The Bertz CT molecular complexity index is 623. The number of primary amides is 1. The first-order chi connectivity index (χ1) is 13.3. The maximum absolute atomic E-state index is 12.4. The van der Waals surface area contributed by atoms with Crippen molar-refractivity contribution < 1.29 is 34.2 Å². The van der Waals surface area contributed by atoms with Crippen molar-refractivity contribution in [3.63, 3.8) is 0 Å². The summed E-state index contributed by atoms with van der Waals surface area (Å²) in [5.41, 5.74) is 10.7. The SMILES string of the molecule is CC(NC(=O)C(NC(=O)C(N)C(C)C)C(C)O)C(=O)NC(CCC(N)=O)C(=O)O. The molecular formula is C17H31N5O7. The highest BCUT2D eigenvalue weighted by Crippen LogP contribution is 2.02. The van der Waals surface area contributed by atoms with Crippen molar-refractivity contribution in [3.8, 4) is 0 Å². The Morgan fingerprint density at radius 1 is 0.897 bits per heavy atom. The highest BCUT2D eigenvalue weighted by atomic mass is 16.4. The molecule has 166 valence electrons. The van der Waals surface area contributed by atoms with Crippen LogP contribution in [0, 0.1) is 5.92 Å². The molecule has 0 saturated carbocycles. The number of carboxylic acids is 1. The molecule has 0 aliphatic heterocycles. The lowest BCUT2D eigenvalue weighted by molar-refractivity contribution is -0.142. The number of aliphatic hydroxyl groups is 1. The fraction of sp³-hybridized carbons (Fsp3) is 0.706. The van der Waals surface area contributed by atoms with Gasteiger partial charge in [0, 0.05) is 6.42 Å². The number of rotatable bonds is 12. The number of hydrogen-bond acceptors (Lipinski definition) is 7. The Kier molecular flexibility index (Phi) is 10.8. The Labute approximate surface area is 168 Å². The zero-order valence-corrected chi connectivity index (χ0v) is 17.0. The average molecular weight is 417 g/mol. The van der Waals surface area contributed by atoms with E-state index in [0.717, 1.165) is 0 Å². The van der Waals surface area contributed by atoms with E-state index in [1.807, 2.05) is 0 Å². The first-order valence-electron chi connectivity index (χ1n) is 9.13. The largest absolute Gasteiger partial charge is 0.480 e. The maximum atomic E-state index is 12.4. The molecule has 0 bridgehead atoms. The predicted molar refractivity (Wildman–Crippen MR) is 102 cm³/mol. The molecular weight excluding hydrogens is 386 g/mol. The smallest absolute Gasteiger partial charge is 0.326 e. The van der Waals surface area contributed by atoms with Gasteiger partial charge in [-0.2, -0.15) is 0 Å². The fourth-order valence-electron chi connectivity index (χ4n) is 2.17. The summed E-state index contributed by atoms with van der Waals surface area (Å²) in [6.45, 7) is 6.00. The van der Waals surface area contributed by atoms with Crippen molar-refractivity contribution in [3.05, 3.63) is 0 Å². The van der Waals surface area contributed by atoms with Crippen LogP contribution in [0.5, 0.6) is 0 Å². The van der Waals surface area contributed by atoms with E-state index in [1.54, 1.807) is 13.8 Å². The summed E-state index contributed by atoms with van der Waals surface area (Å²) >= 11 is 0. The molecule has 9 N–H and O–H groups in total. The van der Waals surface area contributed by atoms with Gasteiger partial charge in [-0.25, -0.2) is 4.79 Å². The van der Waals surface area contributed by atoms with E-state index in [0.29, 0.717) is 0 Å². The molecule has 0 aliphatic rings. The monoisotopic (exact) mass is 417 g/mol. The summed E-state index contributed by atoms with van der Waals surface area (Å²) in [6.07, 6.45) is -1.74. The molecule has 5 unspecified atom stereocenters. The summed E-state index contributed by atoms with van der Waals surface area (Å²) in [6, 6.07) is -4.82. The van der Waals surface area contributed by atoms with E-state index in [4.69, 9.17) is 16.6 Å². The number of carbonyl (C=O) groups is 5. The number of amides is 4. The lowest BCUT2D eigenvalue weighted by atomic mass is 10.0. The molecule has 0 aromatic rings. The summed E-state index contributed by atoms with van der Waals surface area (Å²) in [5.74, 6) is -4.61.